The Labute approximate surface area is 136 Å². The lowest BCUT2D eigenvalue weighted by Gasteiger charge is -2.38. The Balaban J connectivity index is 2.27. The molecule has 0 aromatic carbocycles. The minimum Gasteiger partial charge on any atom is -0.390 e. The van der Waals surface area contributed by atoms with E-state index in [1.54, 1.807) is 0 Å². The highest BCUT2D eigenvalue weighted by Gasteiger charge is 2.50. The molecule has 1 N–H and O–H groups in total. The van der Waals surface area contributed by atoms with Gasteiger partial charge in [0.05, 0.1) is 17.3 Å². The molecule has 2 heterocycles. The van der Waals surface area contributed by atoms with Gasteiger partial charge < -0.3 is 9.84 Å². The molecule has 2 aliphatic heterocycles. The minimum absolute atomic E-state index is 0.104. The molecule has 0 unspecified atom stereocenters. The second kappa shape index (κ2) is 6.88. The molecule has 0 aromatic rings. The Kier molecular flexibility index (Phi) is 5.55. The fourth-order valence-corrected chi connectivity index (χ4v) is 3.81. The Morgan fingerprint density at radius 1 is 1.14 bits per heavy atom. The van der Waals surface area contributed by atoms with Gasteiger partial charge in [-0.25, -0.2) is 0 Å². The first-order valence-electron chi connectivity index (χ1n) is 8.97. The van der Waals surface area contributed by atoms with Crippen molar-refractivity contribution < 1.29 is 9.84 Å². The maximum Gasteiger partial charge on any atom is 0.0921 e. The molecule has 0 radical (unpaired) electrons. The Morgan fingerprint density at radius 2 is 1.82 bits per heavy atom. The Morgan fingerprint density at radius 3 is 2.50 bits per heavy atom. The number of allylic oxidation sites excluding steroid dienone is 3. The van der Waals surface area contributed by atoms with Crippen molar-refractivity contribution in [3.63, 3.8) is 0 Å². The SMILES string of the molecule is C/C1=C/C[C@]2(C(C)C)CC[C@@](C)(O2)[C@H](O)CC/C(C)=C\CC1. The summed E-state index contributed by atoms with van der Waals surface area (Å²) in [5.74, 6) is 0.468. The van der Waals surface area contributed by atoms with Crippen LogP contribution in [-0.2, 0) is 4.74 Å². The van der Waals surface area contributed by atoms with Gasteiger partial charge in [-0.05, 0) is 71.6 Å². The third-order valence-electron chi connectivity index (χ3n) is 5.88. The summed E-state index contributed by atoms with van der Waals surface area (Å²) in [6.07, 6.45) is 11.3. The van der Waals surface area contributed by atoms with E-state index in [4.69, 9.17) is 4.74 Å². The monoisotopic (exact) mass is 306 g/mol. The van der Waals surface area contributed by atoms with Crippen molar-refractivity contribution in [1.29, 1.82) is 0 Å². The van der Waals surface area contributed by atoms with Crippen molar-refractivity contribution in [2.24, 2.45) is 5.92 Å². The van der Waals surface area contributed by atoms with Crippen LogP contribution in [0.2, 0.25) is 0 Å². The van der Waals surface area contributed by atoms with Crippen LogP contribution in [0.1, 0.15) is 79.6 Å². The standard InChI is InChI=1S/C20H34O2/c1-15(2)20-12-11-17(4)8-6-7-16(3)9-10-18(21)19(5,22-20)13-14-20/h7,11,15,18,21H,6,8-10,12-14H2,1-5H3/b16-7-,17-11-/t18-,19-,20-/m1/s1. The maximum absolute atomic E-state index is 10.7. The summed E-state index contributed by atoms with van der Waals surface area (Å²) in [6.45, 7) is 11.0. The van der Waals surface area contributed by atoms with Crippen LogP contribution in [0, 0.1) is 5.92 Å². The molecular weight excluding hydrogens is 272 g/mol. The summed E-state index contributed by atoms with van der Waals surface area (Å²) in [7, 11) is 0. The molecule has 0 amide bonds. The largest absolute Gasteiger partial charge is 0.390 e. The van der Waals surface area contributed by atoms with Crippen LogP contribution in [0.5, 0.6) is 0 Å². The third-order valence-corrected chi connectivity index (χ3v) is 5.88. The van der Waals surface area contributed by atoms with Crippen LogP contribution in [0.3, 0.4) is 0 Å². The predicted molar refractivity (Wildman–Crippen MR) is 92.9 cm³/mol. The van der Waals surface area contributed by atoms with Gasteiger partial charge in [0.15, 0.2) is 0 Å². The lowest BCUT2D eigenvalue weighted by Crippen LogP contribution is -2.44. The first-order chi connectivity index (χ1) is 10.3. The molecule has 126 valence electrons. The normalized spacial score (nSPS) is 42.6. The summed E-state index contributed by atoms with van der Waals surface area (Å²) in [6, 6.07) is 0. The van der Waals surface area contributed by atoms with Crippen LogP contribution < -0.4 is 0 Å². The van der Waals surface area contributed by atoms with E-state index in [9.17, 15) is 5.11 Å². The van der Waals surface area contributed by atoms with Crippen molar-refractivity contribution in [2.75, 3.05) is 0 Å². The Bertz CT molecular complexity index is 449. The second-order valence-electron chi connectivity index (χ2n) is 8.03. The lowest BCUT2D eigenvalue weighted by molar-refractivity contribution is -0.162. The maximum atomic E-state index is 10.7. The van der Waals surface area contributed by atoms with E-state index in [0.717, 1.165) is 44.9 Å². The summed E-state index contributed by atoms with van der Waals surface area (Å²) < 4.78 is 6.59. The van der Waals surface area contributed by atoms with Gasteiger partial charge in [-0.1, -0.05) is 37.1 Å². The van der Waals surface area contributed by atoms with E-state index in [2.05, 4.69) is 46.8 Å². The molecule has 3 atom stereocenters. The summed E-state index contributed by atoms with van der Waals surface area (Å²) in [5, 5.41) is 10.7. The Hall–Kier alpha value is -0.600. The molecule has 2 heteroatoms. The molecule has 2 nitrogen and oxygen atoms in total. The number of aliphatic hydroxyl groups is 1. The molecule has 1 saturated heterocycles. The fourth-order valence-electron chi connectivity index (χ4n) is 3.81. The fraction of sp³-hybridized carbons (Fsp3) is 0.800. The van der Waals surface area contributed by atoms with Gasteiger partial charge in [0.1, 0.15) is 0 Å². The first-order valence-corrected chi connectivity index (χ1v) is 8.97. The molecule has 2 aliphatic rings. The van der Waals surface area contributed by atoms with E-state index in [-0.39, 0.29) is 17.3 Å². The number of fused-ring (bicyclic) bond motifs is 2. The lowest BCUT2D eigenvalue weighted by atomic mass is 9.82. The zero-order valence-electron chi connectivity index (χ0n) is 15.1. The number of hydrogen-bond donors (Lipinski definition) is 1. The number of ether oxygens (including phenoxy) is 1. The van der Waals surface area contributed by atoms with Gasteiger partial charge in [0, 0.05) is 0 Å². The van der Waals surface area contributed by atoms with Crippen molar-refractivity contribution in [3.05, 3.63) is 23.3 Å². The zero-order valence-corrected chi connectivity index (χ0v) is 15.1. The van der Waals surface area contributed by atoms with E-state index >= 15 is 0 Å². The van der Waals surface area contributed by atoms with Crippen molar-refractivity contribution >= 4 is 0 Å². The predicted octanol–water partition coefficient (Wildman–Crippen LogP) is 5.17. The van der Waals surface area contributed by atoms with E-state index in [1.165, 1.54) is 11.1 Å². The number of rotatable bonds is 1. The molecule has 2 bridgehead atoms. The van der Waals surface area contributed by atoms with E-state index in [0.29, 0.717) is 5.92 Å². The van der Waals surface area contributed by atoms with Crippen LogP contribution in [-0.4, -0.2) is 22.4 Å². The van der Waals surface area contributed by atoms with Gasteiger partial charge >= 0.3 is 0 Å². The summed E-state index contributed by atoms with van der Waals surface area (Å²) >= 11 is 0. The third kappa shape index (κ3) is 3.83. The molecule has 0 saturated carbocycles. The highest BCUT2D eigenvalue weighted by Crippen LogP contribution is 2.47. The van der Waals surface area contributed by atoms with Crippen LogP contribution in [0.4, 0.5) is 0 Å². The summed E-state index contributed by atoms with van der Waals surface area (Å²) in [5.41, 5.74) is 2.36. The van der Waals surface area contributed by atoms with Crippen molar-refractivity contribution in [1.82, 2.24) is 0 Å². The highest BCUT2D eigenvalue weighted by molar-refractivity contribution is 5.10. The topological polar surface area (TPSA) is 29.5 Å². The van der Waals surface area contributed by atoms with Gasteiger partial charge in [0.25, 0.3) is 0 Å². The first kappa shape index (κ1) is 17.7. The second-order valence-corrected chi connectivity index (χ2v) is 8.03. The highest BCUT2D eigenvalue weighted by atomic mass is 16.5. The number of aliphatic hydroxyl groups excluding tert-OH is 1. The quantitative estimate of drug-likeness (QED) is 0.677. The van der Waals surface area contributed by atoms with Crippen LogP contribution in [0.25, 0.3) is 0 Å². The van der Waals surface area contributed by atoms with E-state index in [1.807, 2.05) is 0 Å². The minimum atomic E-state index is -0.389. The summed E-state index contributed by atoms with van der Waals surface area (Å²) in [4.78, 5) is 0. The van der Waals surface area contributed by atoms with Crippen molar-refractivity contribution in [3.8, 4) is 0 Å². The molecular formula is C20H34O2. The molecule has 22 heavy (non-hydrogen) atoms. The van der Waals surface area contributed by atoms with Gasteiger partial charge in [0.2, 0.25) is 0 Å². The molecule has 1 fully saturated rings. The van der Waals surface area contributed by atoms with Gasteiger partial charge in [-0.3, -0.25) is 0 Å². The van der Waals surface area contributed by atoms with Gasteiger partial charge in [-0.2, -0.15) is 0 Å². The molecule has 0 aromatic heterocycles. The zero-order chi connectivity index (χ0) is 16.4. The van der Waals surface area contributed by atoms with E-state index < -0.39 is 0 Å². The average Bonchev–Trinajstić information content (AvgIpc) is 2.82. The molecule has 2 rings (SSSR count). The number of hydrogen-bond acceptors (Lipinski definition) is 2. The van der Waals surface area contributed by atoms with Crippen LogP contribution >= 0.6 is 0 Å². The smallest absolute Gasteiger partial charge is 0.0921 e. The molecule has 0 aliphatic carbocycles. The van der Waals surface area contributed by atoms with Crippen molar-refractivity contribution in [2.45, 2.75) is 96.9 Å². The molecule has 0 spiro atoms. The average molecular weight is 306 g/mol. The van der Waals surface area contributed by atoms with Crippen LogP contribution in [0.15, 0.2) is 23.3 Å². The van der Waals surface area contributed by atoms with Gasteiger partial charge in [-0.15, -0.1) is 0 Å².